The molecule has 0 aliphatic carbocycles. The van der Waals surface area contributed by atoms with Crippen molar-refractivity contribution in [3.05, 3.63) is 60.8 Å². The summed E-state index contributed by atoms with van der Waals surface area (Å²) in [6.07, 6.45) is 56.4. The van der Waals surface area contributed by atoms with E-state index in [0.29, 0.717) is 19.3 Å². The third-order valence-electron chi connectivity index (χ3n) is 10.3. The van der Waals surface area contributed by atoms with E-state index in [4.69, 9.17) is 14.2 Å². The molecule has 1 atom stereocenters. The molecule has 0 heterocycles. The van der Waals surface area contributed by atoms with Gasteiger partial charge < -0.3 is 14.2 Å². The molecule has 0 rings (SSSR count). The minimum atomic E-state index is -0.794. The second kappa shape index (κ2) is 46.8. The predicted octanol–water partition coefficient (Wildman–Crippen LogP) is 15.7. The molecule has 0 fully saturated rings. The Balaban J connectivity index is 4.39. The first-order valence-corrected chi connectivity index (χ1v) is 24.3. The van der Waals surface area contributed by atoms with Gasteiger partial charge in [0, 0.05) is 19.3 Å². The average molecular weight is 811 g/mol. The normalized spacial score (nSPS) is 12.5. The van der Waals surface area contributed by atoms with Crippen LogP contribution in [0.15, 0.2) is 60.8 Å². The predicted molar refractivity (Wildman–Crippen MR) is 247 cm³/mol. The summed E-state index contributed by atoms with van der Waals surface area (Å²) in [5.41, 5.74) is 0. The highest BCUT2D eigenvalue weighted by molar-refractivity contribution is 5.71. The van der Waals surface area contributed by atoms with Crippen LogP contribution in [-0.4, -0.2) is 37.2 Å². The molecule has 0 aromatic heterocycles. The maximum absolute atomic E-state index is 12.7. The van der Waals surface area contributed by atoms with Gasteiger partial charge in [-0.25, -0.2) is 0 Å². The molecule has 0 radical (unpaired) electrons. The molecule has 334 valence electrons. The summed E-state index contributed by atoms with van der Waals surface area (Å²) in [5.74, 6) is -0.952. The molecule has 0 amide bonds. The molecule has 58 heavy (non-hydrogen) atoms. The maximum Gasteiger partial charge on any atom is 0.306 e. The summed E-state index contributed by atoms with van der Waals surface area (Å²) < 4.78 is 16.7. The largest absolute Gasteiger partial charge is 0.462 e. The van der Waals surface area contributed by atoms with Crippen molar-refractivity contribution in [2.45, 2.75) is 239 Å². The van der Waals surface area contributed by atoms with Crippen LogP contribution < -0.4 is 0 Å². The van der Waals surface area contributed by atoms with E-state index in [-0.39, 0.29) is 31.1 Å². The van der Waals surface area contributed by atoms with Crippen LogP contribution >= 0.6 is 0 Å². The van der Waals surface area contributed by atoms with Crippen LogP contribution in [0.2, 0.25) is 0 Å². The van der Waals surface area contributed by atoms with Crippen molar-refractivity contribution in [2.24, 2.45) is 0 Å². The van der Waals surface area contributed by atoms with Crippen LogP contribution in [0.3, 0.4) is 0 Å². The number of carbonyl (C=O) groups is 3. The third kappa shape index (κ3) is 44.2. The number of rotatable bonds is 43. The van der Waals surface area contributed by atoms with E-state index in [9.17, 15) is 14.4 Å². The van der Waals surface area contributed by atoms with Gasteiger partial charge >= 0.3 is 17.9 Å². The van der Waals surface area contributed by atoms with E-state index in [0.717, 1.165) is 89.9 Å². The molecular formula is C52H90O6. The van der Waals surface area contributed by atoms with Crippen LogP contribution in [0.4, 0.5) is 0 Å². The Morgan fingerprint density at radius 3 is 1.22 bits per heavy atom. The molecule has 6 nitrogen and oxygen atoms in total. The van der Waals surface area contributed by atoms with Gasteiger partial charge in [-0.1, -0.05) is 178 Å². The van der Waals surface area contributed by atoms with Crippen molar-refractivity contribution in [1.29, 1.82) is 0 Å². The van der Waals surface area contributed by atoms with Crippen LogP contribution in [0.1, 0.15) is 233 Å². The first-order valence-electron chi connectivity index (χ1n) is 24.3. The van der Waals surface area contributed by atoms with Crippen LogP contribution in [0, 0.1) is 0 Å². The highest BCUT2D eigenvalue weighted by Crippen LogP contribution is 2.13. The van der Waals surface area contributed by atoms with E-state index < -0.39 is 6.10 Å². The van der Waals surface area contributed by atoms with E-state index in [1.807, 2.05) is 0 Å². The number of esters is 3. The van der Waals surface area contributed by atoms with E-state index >= 15 is 0 Å². The number of allylic oxidation sites excluding steroid dienone is 10. The van der Waals surface area contributed by atoms with E-state index in [1.165, 1.54) is 103 Å². The molecule has 0 saturated heterocycles. The lowest BCUT2D eigenvalue weighted by atomic mass is 10.1. The second-order valence-corrected chi connectivity index (χ2v) is 16.0. The van der Waals surface area contributed by atoms with Gasteiger partial charge in [0.05, 0.1) is 0 Å². The van der Waals surface area contributed by atoms with Gasteiger partial charge in [0.2, 0.25) is 0 Å². The molecule has 0 aliphatic rings. The monoisotopic (exact) mass is 811 g/mol. The van der Waals surface area contributed by atoms with Gasteiger partial charge in [0.25, 0.3) is 0 Å². The van der Waals surface area contributed by atoms with Gasteiger partial charge in [0.15, 0.2) is 6.10 Å². The SMILES string of the molecule is CC/C=C\C/C=C\CCCCC(=O)OCC(COC(=O)CCCCCCC/C=C\CCCCCCCCC)OC(=O)CCCCCCCC/C=C\C=C/CCCCC. The van der Waals surface area contributed by atoms with E-state index in [1.54, 1.807) is 0 Å². The van der Waals surface area contributed by atoms with Gasteiger partial charge in [0.1, 0.15) is 13.2 Å². The lowest BCUT2D eigenvalue weighted by Gasteiger charge is -2.18. The molecule has 0 spiro atoms. The Bertz CT molecular complexity index is 1070. The van der Waals surface area contributed by atoms with Gasteiger partial charge in [-0.3, -0.25) is 14.4 Å². The molecule has 1 unspecified atom stereocenters. The fourth-order valence-corrected chi connectivity index (χ4v) is 6.58. The highest BCUT2D eigenvalue weighted by atomic mass is 16.6. The van der Waals surface area contributed by atoms with Gasteiger partial charge in [-0.15, -0.1) is 0 Å². The van der Waals surface area contributed by atoms with E-state index in [2.05, 4.69) is 81.5 Å². The van der Waals surface area contributed by atoms with Crippen LogP contribution in [0.25, 0.3) is 0 Å². The van der Waals surface area contributed by atoms with Crippen molar-refractivity contribution in [2.75, 3.05) is 13.2 Å². The van der Waals surface area contributed by atoms with Crippen molar-refractivity contribution >= 4 is 17.9 Å². The quantitative estimate of drug-likeness (QED) is 0.0201. The fourth-order valence-electron chi connectivity index (χ4n) is 6.58. The fraction of sp³-hybridized carbons (Fsp3) is 0.750. The zero-order valence-electron chi connectivity index (χ0n) is 38.0. The number of ether oxygens (including phenoxy) is 3. The Morgan fingerprint density at radius 2 is 0.724 bits per heavy atom. The number of hydrogen-bond donors (Lipinski definition) is 0. The Hall–Kier alpha value is -2.89. The number of hydrogen-bond acceptors (Lipinski definition) is 6. The zero-order chi connectivity index (χ0) is 42.3. The number of carbonyl (C=O) groups excluding carboxylic acids is 3. The first-order chi connectivity index (χ1) is 28.5. The molecule has 0 aliphatic heterocycles. The summed E-state index contributed by atoms with van der Waals surface area (Å²) in [4.78, 5) is 37.8. The van der Waals surface area contributed by atoms with Crippen molar-refractivity contribution in [3.8, 4) is 0 Å². The topological polar surface area (TPSA) is 78.9 Å². The molecule has 0 bridgehead atoms. The molecule has 0 aromatic carbocycles. The zero-order valence-corrected chi connectivity index (χ0v) is 38.0. The van der Waals surface area contributed by atoms with Crippen molar-refractivity contribution < 1.29 is 28.6 Å². The van der Waals surface area contributed by atoms with Crippen LogP contribution in [0.5, 0.6) is 0 Å². The average Bonchev–Trinajstić information content (AvgIpc) is 3.22. The smallest absolute Gasteiger partial charge is 0.306 e. The maximum atomic E-state index is 12.7. The summed E-state index contributed by atoms with van der Waals surface area (Å²) in [6, 6.07) is 0. The van der Waals surface area contributed by atoms with Gasteiger partial charge in [-0.05, 0) is 96.3 Å². The Labute approximate surface area is 358 Å². The van der Waals surface area contributed by atoms with Crippen molar-refractivity contribution in [3.63, 3.8) is 0 Å². The molecule has 0 aromatic rings. The highest BCUT2D eigenvalue weighted by Gasteiger charge is 2.19. The first kappa shape index (κ1) is 55.1. The van der Waals surface area contributed by atoms with Crippen LogP contribution in [-0.2, 0) is 28.6 Å². The lowest BCUT2D eigenvalue weighted by molar-refractivity contribution is -0.167. The summed E-state index contributed by atoms with van der Waals surface area (Å²) in [5, 5.41) is 0. The molecule has 0 saturated carbocycles. The molecular weight excluding hydrogens is 721 g/mol. The standard InChI is InChI=1S/C52H90O6/c1-4-7-10-13-16-19-21-23-25-27-28-30-33-36-39-42-45-51(54)57-48-49(47-56-50(53)44-41-38-35-32-18-15-12-9-6-3)58-52(55)46-43-40-37-34-31-29-26-24-22-20-17-14-11-8-5-2/h9,12,17-18,20,22,24-25,27,32,49H,4-8,10-11,13-16,19,21,23,26,28-31,33-48H2,1-3H3/b12-9-,20-17-,24-22-,27-25-,32-18-. The summed E-state index contributed by atoms with van der Waals surface area (Å²) in [7, 11) is 0. The second-order valence-electron chi connectivity index (χ2n) is 16.0. The Morgan fingerprint density at radius 1 is 0.379 bits per heavy atom. The summed E-state index contributed by atoms with van der Waals surface area (Å²) >= 11 is 0. The lowest BCUT2D eigenvalue weighted by Crippen LogP contribution is -2.30. The van der Waals surface area contributed by atoms with Gasteiger partial charge in [-0.2, -0.15) is 0 Å². The minimum absolute atomic E-state index is 0.0938. The third-order valence-corrected chi connectivity index (χ3v) is 10.3. The number of unbranched alkanes of at least 4 members (excludes halogenated alkanes) is 23. The molecule has 6 heteroatoms. The Kier molecular flexibility index (Phi) is 44.5. The van der Waals surface area contributed by atoms with Crippen molar-refractivity contribution in [1.82, 2.24) is 0 Å². The molecule has 0 N–H and O–H groups in total. The summed E-state index contributed by atoms with van der Waals surface area (Å²) in [6.45, 7) is 6.43. The minimum Gasteiger partial charge on any atom is -0.462 e.